The van der Waals surface area contributed by atoms with Crippen molar-refractivity contribution in [3.63, 3.8) is 0 Å². The van der Waals surface area contributed by atoms with Gasteiger partial charge in [0.15, 0.2) is 0 Å². The number of thiophene rings is 1. The van der Waals surface area contributed by atoms with Crippen LogP contribution in [0.5, 0.6) is 0 Å². The van der Waals surface area contributed by atoms with E-state index in [0.717, 1.165) is 22.6 Å². The quantitative estimate of drug-likeness (QED) is 0.921. The zero-order valence-corrected chi connectivity index (χ0v) is 11.9. The molecule has 0 aromatic carbocycles. The highest BCUT2D eigenvalue weighted by atomic mass is 32.2. The largest absolute Gasteiger partial charge is 0.391 e. The van der Waals surface area contributed by atoms with Crippen molar-refractivity contribution in [1.82, 2.24) is 4.31 Å². The molecule has 2 atom stereocenters. The number of aryl methyl sites for hydroxylation is 1. The molecule has 4 nitrogen and oxygen atoms in total. The van der Waals surface area contributed by atoms with E-state index < -0.39 is 10.0 Å². The Bertz CT molecular complexity index is 564. The Morgan fingerprint density at radius 2 is 2.28 bits per heavy atom. The number of aliphatic hydroxyl groups is 1. The molecule has 1 saturated heterocycles. The van der Waals surface area contributed by atoms with E-state index in [1.54, 1.807) is 10.4 Å². The van der Waals surface area contributed by atoms with E-state index in [1.165, 1.54) is 17.8 Å². The lowest BCUT2D eigenvalue weighted by atomic mass is 10.1. The molecule has 18 heavy (non-hydrogen) atoms. The minimum Gasteiger partial charge on any atom is -0.391 e. The smallest absolute Gasteiger partial charge is 0.244 e. The van der Waals surface area contributed by atoms with Crippen molar-refractivity contribution in [3.8, 4) is 0 Å². The maximum absolute atomic E-state index is 12.6. The summed E-state index contributed by atoms with van der Waals surface area (Å²) in [5.41, 5.74) is 0. The predicted octanol–water partition coefficient (Wildman–Crippen LogP) is 1.72. The summed E-state index contributed by atoms with van der Waals surface area (Å²) in [5.74, 6) is 0.557. The lowest BCUT2D eigenvalue weighted by Gasteiger charge is -2.25. The van der Waals surface area contributed by atoms with E-state index in [0.29, 0.717) is 17.4 Å². The lowest BCUT2D eigenvalue weighted by Crippen LogP contribution is -2.37. The second kappa shape index (κ2) is 4.30. The van der Waals surface area contributed by atoms with Gasteiger partial charge in [0.05, 0.1) is 11.5 Å². The van der Waals surface area contributed by atoms with Gasteiger partial charge in [-0.15, -0.1) is 11.3 Å². The molecule has 0 spiro atoms. The highest BCUT2D eigenvalue weighted by Gasteiger charge is 2.44. The van der Waals surface area contributed by atoms with Gasteiger partial charge >= 0.3 is 0 Å². The molecule has 2 unspecified atom stereocenters. The average Bonchev–Trinajstić information content (AvgIpc) is 3.02. The van der Waals surface area contributed by atoms with E-state index >= 15 is 0 Å². The first kappa shape index (κ1) is 12.6. The fraction of sp³-hybridized carbons (Fsp3) is 0.667. The standard InChI is InChI=1S/C12H17NO3S2/c1-8-12(5-11(7-14)17-8)18(15,16)13-6-9-2-3-10(13)4-9/h5,9-10,14H,2-4,6-7H2,1H3. The van der Waals surface area contributed by atoms with Crippen LogP contribution in [0.2, 0.25) is 0 Å². The minimum absolute atomic E-state index is 0.0902. The second-order valence-corrected chi connectivity index (χ2v) is 8.40. The minimum atomic E-state index is -3.36. The van der Waals surface area contributed by atoms with Gasteiger partial charge in [0.2, 0.25) is 10.0 Å². The Balaban J connectivity index is 1.97. The molecule has 100 valence electrons. The van der Waals surface area contributed by atoms with Gasteiger partial charge in [-0.2, -0.15) is 4.31 Å². The predicted molar refractivity (Wildman–Crippen MR) is 70.0 cm³/mol. The molecule has 1 aromatic heterocycles. The van der Waals surface area contributed by atoms with Crippen molar-refractivity contribution in [2.24, 2.45) is 5.92 Å². The summed E-state index contributed by atoms with van der Waals surface area (Å²) >= 11 is 1.36. The molecule has 6 heteroatoms. The number of aliphatic hydroxyl groups excluding tert-OH is 1. The van der Waals surface area contributed by atoms with Gasteiger partial charge in [-0.05, 0) is 38.2 Å². The van der Waals surface area contributed by atoms with Gasteiger partial charge in [0, 0.05) is 22.3 Å². The summed E-state index contributed by atoms with van der Waals surface area (Å²) in [6.45, 7) is 2.40. The highest BCUT2D eigenvalue weighted by molar-refractivity contribution is 7.89. The summed E-state index contributed by atoms with van der Waals surface area (Å²) in [6, 6.07) is 1.83. The topological polar surface area (TPSA) is 57.6 Å². The first-order valence-corrected chi connectivity index (χ1v) is 8.50. The van der Waals surface area contributed by atoms with E-state index in [9.17, 15) is 8.42 Å². The van der Waals surface area contributed by atoms with Crippen LogP contribution < -0.4 is 0 Å². The van der Waals surface area contributed by atoms with Crippen LogP contribution in [-0.2, 0) is 16.6 Å². The molecule has 2 bridgehead atoms. The first-order chi connectivity index (χ1) is 8.52. The summed E-state index contributed by atoms with van der Waals surface area (Å²) in [4.78, 5) is 1.89. The van der Waals surface area contributed by atoms with Crippen molar-refractivity contribution in [3.05, 3.63) is 15.8 Å². The average molecular weight is 287 g/mol. The monoisotopic (exact) mass is 287 g/mol. The summed E-state index contributed by atoms with van der Waals surface area (Å²) in [5, 5.41) is 9.11. The molecule has 0 amide bonds. The third-order valence-corrected chi connectivity index (χ3v) is 7.23. The van der Waals surface area contributed by atoms with Gasteiger partial charge in [0.25, 0.3) is 0 Å². The number of piperidine rings is 1. The van der Waals surface area contributed by atoms with Crippen molar-refractivity contribution in [2.75, 3.05) is 6.54 Å². The zero-order chi connectivity index (χ0) is 12.9. The van der Waals surface area contributed by atoms with Gasteiger partial charge in [0.1, 0.15) is 0 Å². The third-order valence-electron chi connectivity index (χ3n) is 4.02. The normalized spacial score (nSPS) is 28.1. The van der Waals surface area contributed by atoms with Crippen LogP contribution in [0, 0.1) is 12.8 Å². The van der Waals surface area contributed by atoms with E-state index in [1.807, 2.05) is 6.92 Å². The lowest BCUT2D eigenvalue weighted by molar-refractivity contribution is 0.285. The molecule has 1 N–H and O–H groups in total. The van der Waals surface area contributed by atoms with E-state index in [-0.39, 0.29) is 12.6 Å². The van der Waals surface area contributed by atoms with Crippen LogP contribution in [0.3, 0.4) is 0 Å². The van der Waals surface area contributed by atoms with Crippen LogP contribution in [0.4, 0.5) is 0 Å². The Morgan fingerprint density at radius 1 is 1.50 bits per heavy atom. The van der Waals surface area contributed by atoms with E-state index in [4.69, 9.17) is 5.11 Å². The summed E-state index contributed by atoms with van der Waals surface area (Å²) in [7, 11) is -3.36. The highest BCUT2D eigenvalue weighted by Crippen LogP contribution is 2.41. The van der Waals surface area contributed by atoms with Crippen LogP contribution in [0.15, 0.2) is 11.0 Å². The number of fused-ring (bicyclic) bond motifs is 2. The SMILES string of the molecule is Cc1sc(CO)cc1S(=O)(=O)N1CC2CCC1C2. The maximum Gasteiger partial charge on any atom is 0.244 e. The Labute approximate surface area is 111 Å². The number of nitrogens with zero attached hydrogens (tertiary/aromatic N) is 1. The van der Waals surface area contributed by atoms with Crippen molar-refractivity contribution < 1.29 is 13.5 Å². The zero-order valence-electron chi connectivity index (χ0n) is 10.3. The molecule has 1 aromatic rings. The van der Waals surface area contributed by atoms with Crippen LogP contribution in [-0.4, -0.2) is 30.4 Å². The van der Waals surface area contributed by atoms with Gasteiger partial charge < -0.3 is 5.11 Å². The molecule has 1 saturated carbocycles. The number of hydrogen-bond acceptors (Lipinski definition) is 4. The molecule has 0 radical (unpaired) electrons. The van der Waals surface area contributed by atoms with Crippen molar-refractivity contribution >= 4 is 21.4 Å². The molecular formula is C12H17NO3S2. The third kappa shape index (κ3) is 1.82. The van der Waals surface area contributed by atoms with Crippen LogP contribution in [0.1, 0.15) is 29.0 Å². The Hall–Kier alpha value is -0.430. The maximum atomic E-state index is 12.6. The Morgan fingerprint density at radius 3 is 2.78 bits per heavy atom. The second-order valence-electron chi connectivity index (χ2n) is 5.20. The van der Waals surface area contributed by atoms with Gasteiger partial charge in [-0.3, -0.25) is 0 Å². The van der Waals surface area contributed by atoms with Gasteiger partial charge in [-0.25, -0.2) is 8.42 Å². The Kier molecular flexibility index (Phi) is 3.01. The van der Waals surface area contributed by atoms with Crippen molar-refractivity contribution in [1.29, 1.82) is 0 Å². The molecule has 1 aliphatic heterocycles. The molecule has 2 heterocycles. The van der Waals surface area contributed by atoms with Crippen LogP contribution >= 0.6 is 11.3 Å². The van der Waals surface area contributed by atoms with Crippen LogP contribution in [0.25, 0.3) is 0 Å². The first-order valence-electron chi connectivity index (χ1n) is 6.24. The van der Waals surface area contributed by atoms with Gasteiger partial charge in [-0.1, -0.05) is 0 Å². The number of rotatable bonds is 3. The van der Waals surface area contributed by atoms with E-state index in [2.05, 4.69) is 0 Å². The molecule has 2 fully saturated rings. The molecule has 2 aliphatic rings. The molecular weight excluding hydrogens is 270 g/mol. The summed E-state index contributed by atoms with van der Waals surface area (Å²) in [6.07, 6.45) is 3.19. The number of hydrogen-bond donors (Lipinski definition) is 1. The fourth-order valence-corrected chi connectivity index (χ4v) is 6.37. The molecule has 1 aliphatic carbocycles. The number of sulfonamides is 1. The molecule has 3 rings (SSSR count). The fourth-order valence-electron chi connectivity index (χ4n) is 3.16. The summed E-state index contributed by atoms with van der Waals surface area (Å²) < 4.78 is 26.9. The van der Waals surface area contributed by atoms with Crippen molar-refractivity contribution in [2.45, 2.75) is 43.7 Å².